The molecule has 0 saturated carbocycles. The van der Waals surface area contributed by atoms with Gasteiger partial charge in [-0.15, -0.1) is 0 Å². The first kappa shape index (κ1) is 19.9. The third-order valence-electron chi connectivity index (χ3n) is 4.93. The number of carbonyl (C=O) groups is 2. The Bertz CT molecular complexity index is 1230. The van der Waals surface area contributed by atoms with Crippen molar-refractivity contribution in [3.8, 4) is 11.3 Å². The van der Waals surface area contributed by atoms with Crippen molar-refractivity contribution in [2.75, 3.05) is 6.61 Å². The summed E-state index contributed by atoms with van der Waals surface area (Å²) in [5, 5.41) is 0.876. The minimum Gasteiger partial charge on any atom is -0.454 e. The molecular weight excluding hydrogens is 400 g/mol. The zero-order valence-electron chi connectivity index (χ0n) is 16.3. The summed E-state index contributed by atoms with van der Waals surface area (Å²) >= 11 is 5.96. The molecule has 4 aromatic rings. The number of aromatic nitrogens is 2. The van der Waals surface area contributed by atoms with E-state index >= 15 is 0 Å². The average molecular weight is 419 g/mol. The van der Waals surface area contributed by atoms with Gasteiger partial charge in [0.2, 0.25) is 5.78 Å². The first-order valence-electron chi connectivity index (χ1n) is 9.59. The van der Waals surface area contributed by atoms with Gasteiger partial charge in [0, 0.05) is 23.6 Å². The van der Waals surface area contributed by atoms with E-state index in [0.29, 0.717) is 12.1 Å². The number of ether oxygens (including phenoxy) is 1. The molecule has 2 heterocycles. The van der Waals surface area contributed by atoms with Gasteiger partial charge in [-0.2, -0.15) is 0 Å². The van der Waals surface area contributed by atoms with Gasteiger partial charge in [-0.1, -0.05) is 60.1 Å². The molecule has 0 aliphatic rings. The lowest BCUT2D eigenvalue weighted by Gasteiger charge is -2.11. The maximum absolute atomic E-state index is 13.3. The summed E-state index contributed by atoms with van der Waals surface area (Å²) in [5.41, 5.74) is 3.39. The van der Waals surface area contributed by atoms with E-state index in [1.165, 1.54) is 12.3 Å². The number of aryl methyl sites for hydroxylation is 1. The number of hydrogen-bond donors (Lipinski definition) is 0. The smallest absolute Gasteiger partial charge is 0.341 e. The van der Waals surface area contributed by atoms with E-state index < -0.39 is 5.97 Å². The maximum atomic E-state index is 13.3. The predicted octanol–water partition coefficient (Wildman–Crippen LogP) is 5.42. The van der Waals surface area contributed by atoms with Crippen LogP contribution in [-0.2, 0) is 11.3 Å². The largest absolute Gasteiger partial charge is 0.454 e. The molecule has 0 spiro atoms. The lowest BCUT2D eigenvalue weighted by Crippen LogP contribution is -2.15. The second-order valence-electron chi connectivity index (χ2n) is 6.69. The van der Waals surface area contributed by atoms with Crippen molar-refractivity contribution in [2.24, 2.45) is 0 Å². The van der Waals surface area contributed by atoms with Gasteiger partial charge in [0.15, 0.2) is 6.61 Å². The first-order chi connectivity index (χ1) is 14.6. The highest BCUT2D eigenvalue weighted by atomic mass is 35.5. The first-order valence-corrected chi connectivity index (χ1v) is 9.97. The van der Waals surface area contributed by atoms with Crippen LogP contribution in [-0.4, -0.2) is 27.9 Å². The molecule has 30 heavy (non-hydrogen) atoms. The molecule has 2 aromatic carbocycles. The molecule has 0 aliphatic heterocycles. The number of halogens is 1. The summed E-state index contributed by atoms with van der Waals surface area (Å²) in [5.74, 6) is -0.951. The molecule has 0 fully saturated rings. The fourth-order valence-electron chi connectivity index (χ4n) is 3.63. The van der Waals surface area contributed by atoms with E-state index in [1.54, 1.807) is 6.07 Å². The van der Waals surface area contributed by atoms with Crippen LogP contribution in [0.4, 0.5) is 0 Å². The number of para-hydroxylation sites is 1. The minimum absolute atomic E-state index is 0.0440. The Hall–Kier alpha value is -3.44. The molecule has 0 aliphatic carbocycles. The van der Waals surface area contributed by atoms with Crippen molar-refractivity contribution in [3.05, 3.63) is 89.2 Å². The molecule has 0 amide bonds. The van der Waals surface area contributed by atoms with Crippen LogP contribution in [0.15, 0.2) is 72.9 Å². The fourth-order valence-corrected chi connectivity index (χ4v) is 3.83. The molecule has 2 aromatic heterocycles. The number of pyridine rings is 1. The summed E-state index contributed by atoms with van der Waals surface area (Å²) in [6, 6.07) is 20.6. The fraction of sp³-hybridized carbons (Fsp3) is 0.125. The Kier molecular flexibility index (Phi) is 5.63. The Morgan fingerprint density at radius 3 is 2.47 bits per heavy atom. The van der Waals surface area contributed by atoms with Crippen LogP contribution in [0.25, 0.3) is 22.2 Å². The highest BCUT2D eigenvalue weighted by molar-refractivity contribution is 6.32. The van der Waals surface area contributed by atoms with E-state index in [2.05, 4.69) is 9.55 Å². The highest BCUT2D eigenvalue weighted by Crippen LogP contribution is 2.34. The summed E-state index contributed by atoms with van der Waals surface area (Å²) in [4.78, 5) is 29.5. The lowest BCUT2D eigenvalue weighted by molar-refractivity contribution is 0.0475. The normalized spacial score (nSPS) is 10.9. The van der Waals surface area contributed by atoms with Crippen LogP contribution in [0, 0.1) is 0 Å². The van der Waals surface area contributed by atoms with Gasteiger partial charge >= 0.3 is 5.97 Å². The Morgan fingerprint density at radius 1 is 1.00 bits per heavy atom. The van der Waals surface area contributed by atoms with Crippen LogP contribution in [0.3, 0.4) is 0 Å². The number of Topliss-reactive ketones (excluding diaryl/α,β-unsaturated/α-hetero) is 1. The third-order valence-corrected chi connectivity index (χ3v) is 5.23. The van der Waals surface area contributed by atoms with Crippen LogP contribution in [0.2, 0.25) is 5.15 Å². The van der Waals surface area contributed by atoms with Crippen molar-refractivity contribution < 1.29 is 14.3 Å². The zero-order valence-corrected chi connectivity index (χ0v) is 17.1. The van der Waals surface area contributed by atoms with Crippen LogP contribution in [0.5, 0.6) is 0 Å². The second-order valence-corrected chi connectivity index (χ2v) is 7.05. The second kappa shape index (κ2) is 8.51. The Morgan fingerprint density at radius 2 is 1.73 bits per heavy atom. The van der Waals surface area contributed by atoms with Gasteiger partial charge in [-0.3, -0.25) is 4.79 Å². The third kappa shape index (κ3) is 3.60. The van der Waals surface area contributed by atoms with Gasteiger partial charge in [0.25, 0.3) is 0 Å². The van der Waals surface area contributed by atoms with Crippen molar-refractivity contribution in [1.29, 1.82) is 0 Å². The Labute approximate surface area is 178 Å². The molecule has 6 heteroatoms. The molecular formula is C24H19ClN2O3. The van der Waals surface area contributed by atoms with Crippen LogP contribution < -0.4 is 0 Å². The summed E-state index contributed by atoms with van der Waals surface area (Å²) in [6.45, 7) is 2.35. The molecule has 5 nitrogen and oxygen atoms in total. The van der Waals surface area contributed by atoms with Gasteiger partial charge in [-0.05, 0) is 30.7 Å². The molecule has 0 saturated heterocycles. The number of esters is 1. The topological polar surface area (TPSA) is 61.2 Å². The summed E-state index contributed by atoms with van der Waals surface area (Å²) in [7, 11) is 0. The quantitative estimate of drug-likeness (QED) is 0.238. The van der Waals surface area contributed by atoms with E-state index in [1.807, 2.05) is 61.5 Å². The number of rotatable bonds is 6. The number of hydrogen-bond acceptors (Lipinski definition) is 4. The SMILES string of the molecule is CCn1c(-c2ccccc2)c(C(=O)COC(=O)c2cccnc2Cl)c2ccccc21. The number of ketones is 1. The maximum Gasteiger partial charge on any atom is 0.341 e. The van der Waals surface area contributed by atoms with E-state index in [0.717, 1.165) is 22.2 Å². The molecule has 0 unspecified atom stereocenters. The van der Waals surface area contributed by atoms with Crippen molar-refractivity contribution in [1.82, 2.24) is 9.55 Å². The molecule has 4 rings (SSSR count). The predicted molar refractivity (Wildman–Crippen MR) is 117 cm³/mol. The molecule has 0 bridgehead atoms. The van der Waals surface area contributed by atoms with Gasteiger partial charge < -0.3 is 9.30 Å². The monoisotopic (exact) mass is 418 g/mol. The molecule has 0 radical (unpaired) electrons. The van der Waals surface area contributed by atoms with Crippen molar-refractivity contribution in [3.63, 3.8) is 0 Å². The standard InChI is InChI=1S/C24H19ClN2O3/c1-2-27-19-13-7-6-11-17(19)21(22(27)16-9-4-3-5-10-16)20(28)15-30-24(29)18-12-8-14-26-23(18)25/h3-14H,2,15H2,1H3. The van der Waals surface area contributed by atoms with Gasteiger partial charge in [0.1, 0.15) is 5.15 Å². The van der Waals surface area contributed by atoms with Crippen LogP contribution >= 0.6 is 11.6 Å². The van der Waals surface area contributed by atoms with E-state index in [9.17, 15) is 9.59 Å². The molecule has 0 N–H and O–H groups in total. The zero-order chi connectivity index (χ0) is 21.1. The van der Waals surface area contributed by atoms with Crippen molar-refractivity contribution >= 4 is 34.3 Å². The number of carbonyl (C=O) groups excluding carboxylic acids is 2. The average Bonchev–Trinajstić information content (AvgIpc) is 3.12. The highest BCUT2D eigenvalue weighted by Gasteiger charge is 2.24. The lowest BCUT2D eigenvalue weighted by atomic mass is 10.0. The number of benzene rings is 2. The Balaban J connectivity index is 1.74. The van der Waals surface area contributed by atoms with Crippen molar-refractivity contribution in [2.45, 2.75) is 13.5 Å². The molecule has 150 valence electrons. The summed E-state index contributed by atoms with van der Waals surface area (Å²) < 4.78 is 7.39. The minimum atomic E-state index is -0.679. The molecule has 0 atom stereocenters. The van der Waals surface area contributed by atoms with Gasteiger partial charge in [0.05, 0.1) is 16.8 Å². The number of fused-ring (bicyclic) bond motifs is 1. The van der Waals surface area contributed by atoms with Gasteiger partial charge in [-0.25, -0.2) is 9.78 Å². The van der Waals surface area contributed by atoms with E-state index in [4.69, 9.17) is 16.3 Å². The van der Waals surface area contributed by atoms with E-state index in [-0.39, 0.29) is 23.1 Å². The number of nitrogens with zero attached hydrogens (tertiary/aromatic N) is 2. The van der Waals surface area contributed by atoms with Crippen LogP contribution in [0.1, 0.15) is 27.6 Å². The summed E-state index contributed by atoms with van der Waals surface area (Å²) in [6.07, 6.45) is 1.48.